The fourth-order valence-electron chi connectivity index (χ4n) is 1.26. The van der Waals surface area contributed by atoms with Crippen LogP contribution in [0.15, 0.2) is 18.2 Å². The van der Waals surface area contributed by atoms with Crippen molar-refractivity contribution >= 4 is 17.4 Å². The van der Waals surface area contributed by atoms with Gasteiger partial charge in [0.2, 0.25) is 0 Å². The van der Waals surface area contributed by atoms with Crippen molar-refractivity contribution in [3.8, 4) is 0 Å². The second kappa shape index (κ2) is 5.98. The molecule has 17 heavy (non-hydrogen) atoms. The van der Waals surface area contributed by atoms with Gasteiger partial charge in [0.15, 0.2) is 5.78 Å². The molecule has 0 saturated heterocycles. The summed E-state index contributed by atoms with van der Waals surface area (Å²) < 4.78 is 18.2. The van der Waals surface area contributed by atoms with Crippen LogP contribution in [-0.2, 0) is 9.53 Å². The number of esters is 1. The smallest absolute Gasteiger partial charge is 0.325 e. The van der Waals surface area contributed by atoms with E-state index < -0.39 is 11.8 Å². The Labute approximate surface area is 98.8 Å². The summed E-state index contributed by atoms with van der Waals surface area (Å²) in [6.07, 6.45) is 0. The SMILES string of the molecule is CCOC(=O)CNc1ccc(C(C)=O)cc1F. The number of ether oxygens (including phenoxy) is 1. The van der Waals surface area contributed by atoms with Gasteiger partial charge in [-0.05, 0) is 32.0 Å². The molecule has 4 nitrogen and oxygen atoms in total. The van der Waals surface area contributed by atoms with Crippen LogP contribution < -0.4 is 5.32 Å². The van der Waals surface area contributed by atoms with Gasteiger partial charge < -0.3 is 10.1 Å². The van der Waals surface area contributed by atoms with Crippen LogP contribution in [0.4, 0.5) is 10.1 Å². The lowest BCUT2D eigenvalue weighted by Crippen LogP contribution is -2.17. The van der Waals surface area contributed by atoms with Crippen LogP contribution in [0.3, 0.4) is 0 Å². The highest BCUT2D eigenvalue weighted by molar-refractivity contribution is 5.94. The van der Waals surface area contributed by atoms with E-state index in [1.807, 2.05) is 0 Å². The van der Waals surface area contributed by atoms with Gasteiger partial charge in [-0.25, -0.2) is 4.39 Å². The van der Waals surface area contributed by atoms with Crippen molar-refractivity contribution < 1.29 is 18.7 Å². The number of rotatable bonds is 5. The van der Waals surface area contributed by atoms with Crippen LogP contribution in [-0.4, -0.2) is 24.9 Å². The Balaban J connectivity index is 2.66. The van der Waals surface area contributed by atoms with Crippen LogP contribution in [0.25, 0.3) is 0 Å². The minimum atomic E-state index is -0.568. The lowest BCUT2D eigenvalue weighted by atomic mass is 10.1. The van der Waals surface area contributed by atoms with Gasteiger partial charge in [0, 0.05) is 5.56 Å². The van der Waals surface area contributed by atoms with E-state index in [2.05, 4.69) is 10.1 Å². The molecule has 0 saturated carbocycles. The molecule has 0 unspecified atom stereocenters. The van der Waals surface area contributed by atoms with Gasteiger partial charge in [0.25, 0.3) is 0 Å². The molecule has 1 aromatic carbocycles. The fourth-order valence-corrected chi connectivity index (χ4v) is 1.26. The Bertz CT molecular complexity index is 432. The highest BCUT2D eigenvalue weighted by Crippen LogP contribution is 2.15. The minimum Gasteiger partial charge on any atom is -0.465 e. The summed E-state index contributed by atoms with van der Waals surface area (Å²) in [5, 5.41) is 2.60. The van der Waals surface area contributed by atoms with Gasteiger partial charge >= 0.3 is 5.97 Å². The minimum absolute atomic E-state index is 0.107. The summed E-state index contributed by atoms with van der Waals surface area (Å²) in [7, 11) is 0. The first-order valence-electron chi connectivity index (χ1n) is 5.24. The molecule has 0 bridgehead atoms. The van der Waals surface area contributed by atoms with Crippen LogP contribution in [0.1, 0.15) is 24.2 Å². The van der Waals surface area contributed by atoms with Gasteiger partial charge in [-0.15, -0.1) is 0 Å². The maximum Gasteiger partial charge on any atom is 0.325 e. The van der Waals surface area contributed by atoms with Crippen LogP contribution in [0.5, 0.6) is 0 Å². The Morgan fingerprint density at radius 1 is 1.41 bits per heavy atom. The second-order valence-corrected chi connectivity index (χ2v) is 3.41. The van der Waals surface area contributed by atoms with Crippen LogP contribution in [0.2, 0.25) is 0 Å². The molecule has 1 N–H and O–H groups in total. The van der Waals surface area contributed by atoms with Crippen LogP contribution in [0, 0.1) is 5.82 Å². The highest BCUT2D eigenvalue weighted by Gasteiger charge is 2.08. The quantitative estimate of drug-likeness (QED) is 0.630. The number of carbonyl (C=O) groups is 2. The monoisotopic (exact) mass is 239 g/mol. The lowest BCUT2D eigenvalue weighted by Gasteiger charge is -2.07. The molecular weight excluding hydrogens is 225 g/mol. The molecule has 0 aliphatic carbocycles. The number of hydrogen-bond acceptors (Lipinski definition) is 4. The van der Waals surface area contributed by atoms with Crippen molar-refractivity contribution in [2.75, 3.05) is 18.5 Å². The third-order valence-electron chi connectivity index (χ3n) is 2.10. The van der Waals surface area contributed by atoms with E-state index in [9.17, 15) is 14.0 Å². The standard InChI is InChI=1S/C12H14FNO3/c1-3-17-12(16)7-14-11-5-4-9(8(2)15)6-10(11)13/h4-6,14H,3,7H2,1-2H3. The highest BCUT2D eigenvalue weighted by atomic mass is 19.1. The maximum atomic E-state index is 13.5. The Kier molecular flexibility index (Phi) is 4.63. The molecule has 0 spiro atoms. The summed E-state index contributed by atoms with van der Waals surface area (Å²) in [4.78, 5) is 22.0. The number of Topliss-reactive ketones (excluding diaryl/α,β-unsaturated/α-hetero) is 1. The van der Waals surface area contributed by atoms with Gasteiger partial charge in [-0.2, -0.15) is 0 Å². The van der Waals surface area contributed by atoms with E-state index >= 15 is 0 Å². The first kappa shape index (κ1) is 13.2. The Morgan fingerprint density at radius 2 is 2.12 bits per heavy atom. The van der Waals surface area contributed by atoms with E-state index in [0.717, 1.165) is 6.07 Å². The Morgan fingerprint density at radius 3 is 2.65 bits per heavy atom. The lowest BCUT2D eigenvalue weighted by molar-refractivity contribution is -0.140. The number of hydrogen-bond donors (Lipinski definition) is 1. The third kappa shape index (κ3) is 3.86. The molecular formula is C12H14FNO3. The number of ketones is 1. The molecule has 0 atom stereocenters. The Hall–Kier alpha value is -1.91. The van der Waals surface area contributed by atoms with E-state index in [1.165, 1.54) is 19.1 Å². The summed E-state index contributed by atoms with van der Waals surface area (Å²) in [5.74, 6) is -1.23. The molecule has 0 aliphatic rings. The first-order valence-corrected chi connectivity index (χ1v) is 5.24. The summed E-state index contributed by atoms with van der Waals surface area (Å²) in [6, 6.07) is 4.06. The van der Waals surface area contributed by atoms with Crippen molar-refractivity contribution in [1.82, 2.24) is 0 Å². The zero-order valence-electron chi connectivity index (χ0n) is 9.75. The fraction of sp³-hybridized carbons (Fsp3) is 0.333. The zero-order valence-corrected chi connectivity index (χ0v) is 9.75. The predicted molar refractivity (Wildman–Crippen MR) is 61.5 cm³/mol. The van der Waals surface area contributed by atoms with E-state index in [4.69, 9.17) is 0 Å². The second-order valence-electron chi connectivity index (χ2n) is 3.41. The summed E-state index contributed by atoms with van der Waals surface area (Å²) >= 11 is 0. The molecule has 1 aromatic rings. The van der Waals surface area contributed by atoms with Gasteiger partial charge in [-0.3, -0.25) is 9.59 Å². The average molecular weight is 239 g/mol. The first-order chi connectivity index (χ1) is 8.04. The zero-order chi connectivity index (χ0) is 12.8. The summed E-state index contributed by atoms with van der Waals surface area (Å²) in [5.41, 5.74) is 0.465. The number of halogens is 1. The van der Waals surface area contributed by atoms with Crippen molar-refractivity contribution in [1.29, 1.82) is 0 Å². The van der Waals surface area contributed by atoms with E-state index in [1.54, 1.807) is 6.92 Å². The number of anilines is 1. The van der Waals surface area contributed by atoms with Crippen molar-refractivity contribution in [2.24, 2.45) is 0 Å². The molecule has 0 aromatic heterocycles. The van der Waals surface area contributed by atoms with Crippen molar-refractivity contribution in [3.05, 3.63) is 29.6 Å². The molecule has 0 radical (unpaired) electrons. The molecule has 5 heteroatoms. The third-order valence-corrected chi connectivity index (χ3v) is 2.10. The topological polar surface area (TPSA) is 55.4 Å². The van der Waals surface area contributed by atoms with Gasteiger partial charge in [0.05, 0.1) is 12.3 Å². The van der Waals surface area contributed by atoms with Crippen molar-refractivity contribution in [2.45, 2.75) is 13.8 Å². The number of benzene rings is 1. The van der Waals surface area contributed by atoms with Gasteiger partial charge in [0.1, 0.15) is 12.4 Å². The molecule has 0 fully saturated rings. The normalized spacial score (nSPS) is 9.82. The van der Waals surface area contributed by atoms with E-state index in [-0.39, 0.29) is 24.6 Å². The summed E-state index contributed by atoms with van der Waals surface area (Å²) in [6.45, 7) is 3.23. The largest absolute Gasteiger partial charge is 0.465 e. The van der Waals surface area contributed by atoms with Crippen molar-refractivity contribution in [3.63, 3.8) is 0 Å². The predicted octanol–water partition coefficient (Wildman–Crippen LogP) is 2.00. The molecule has 1 rings (SSSR count). The number of nitrogens with one attached hydrogen (secondary N) is 1. The van der Waals surface area contributed by atoms with E-state index in [0.29, 0.717) is 5.56 Å². The average Bonchev–Trinajstić information content (AvgIpc) is 2.27. The number of carbonyl (C=O) groups excluding carboxylic acids is 2. The molecule has 0 amide bonds. The molecule has 0 heterocycles. The maximum absolute atomic E-state index is 13.5. The van der Waals surface area contributed by atoms with Gasteiger partial charge in [-0.1, -0.05) is 0 Å². The van der Waals surface area contributed by atoms with Crippen LogP contribution >= 0.6 is 0 Å². The molecule has 92 valence electrons. The molecule has 0 aliphatic heterocycles.